The Bertz CT molecular complexity index is 1300. The van der Waals surface area contributed by atoms with Crippen LogP contribution in [-0.4, -0.2) is 63.8 Å². The number of nitrogens with zero attached hydrogens (tertiary/aromatic N) is 5. The molecule has 0 radical (unpaired) electrons. The van der Waals surface area contributed by atoms with E-state index < -0.39 is 0 Å². The Labute approximate surface area is 212 Å². The Hall–Kier alpha value is -3.42. The van der Waals surface area contributed by atoms with Crippen molar-refractivity contribution in [2.45, 2.75) is 37.8 Å². The fourth-order valence-corrected chi connectivity index (χ4v) is 5.75. The Morgan fingerprint density at radius 1 is 0.806 bits per heavy atom. The lowest BCUT2D eigenvalue weighted by Crippen LogP contribution is -2.49. The van der Waals surface area contributed by atoms with E-state index in [4.69, 9.17) is 15.6 Å². The third-order valence-electron chi connectivity index (χ3n) is 7.82. The molecule has 2 fully saturated rings. The lowest BCUT2D eigenvalue weighted by atomic mass is 9.89. The highest BCUT2D eigenvalue weighted by Gasteiger charge is 2.30. The molecule has 2 aliphatic rings. The Morgan fingerprint density at radius 3 is 2.19 bits per heavy atom. The summed E-state index contributed by atoms with van der Waals surface area (Å²) in [5.74, 6) is 2.15. The first kappa shape index (κ1) is 23.0. The molecule has 0 spiro atoms. The van der Waals surface area contributed by atoms with Gasteiger partial charge < -0.3 is 15.4 Å². The first-order chi connectivity index (χ1) is 17.7. The van der Waals surface area contributed by atoms with E-state index in [0.717, 1.165) is 46.5 Å². The molecule has 6 rings (SSSR count). The Kier molecular flexibility index (Phi) is 6.34. The topological polar surface area (TPSA) is 72.4 Å². The summed E-state index contributed by atoms with van der Waals surface area (Å²) in [5, 5.41) is 6.08. The number of pyridine rings is 1. The van der Waals surface area contributed by atoms with Crippen LogP contribution in [0, 0.1) is 0 Å². The van der Waals surface area contributed by atoms with Gasteiger partial charge in [0.25, 0.3) is 0 Å². The predicted octanol–water partition coefficient (Wildman–Crippen LogP) is 5.20. The van der Waals surface area contributed by atoms with Crippen LogP contribution in [0.3, 0.4) is 0 Å². The van der Waals surface area contributed by atoms with Crippen molar-refractivity contribution in [1.29, 1.82) is 0 Å². The van der Waals surface area contributed by atoms with Gasteiger partial charge in [0, 0.05) is 44.0 Å². The predicted molar refractivity (Wildman–Crippen MR) is 144 cm³/mol. The number of hydrogen-bond acceptors (Lipinski definition) is 6. The minimum absolute atomic E-state index is 0.382. The van der Waals surface area contributed by atoms with Crippen molar-refractivity contribution in [2.75, 3.05) is 39.0 Å². The molecule has 7 nitrogen and oxygen atoms in total. The minimum Gasteiger partial charge on any atom is -0.457 e. The average molecular weight is 483 g/mol. The summed E-state index contributed by atoms with van der Waals surface area (Å²) in [4.78, 5) is 9.52. The average Bonchev–Trinajstić information content (AvgIpc) is 3.31. The van der Waals surface area contributed by atoms with Crippen molar-refractivity contribution in [3.8, 4) is 22.8 Å². The molecule has 0 bridgehead atoms. The summed E-state index contributed by atoms with van der Waals surface area (Å²) in [6.45, 7) is 4.73. The molecule has 3 heterocycles. The van der Waals surface area contributed by atoms with Crippen molar-refractivity contribution in [2.24, 2.45) is 0 Å². The van der Waals surface area contributed by atoms with Crippen molar-refractivity contribution in [3.63, 3.8) is 0 Å². The molecule has 4 aromatic rings. The van der Waals surface area contributed by atoms with Gasteiger partial charge in [-0.2, -0.15) is 5.10 Å². The minimum atomic E-state index is 0.382. The van der Waals surface area contributed by atoms with Crippen molar-refractivity contribution in [1.82, 2.24) is 24.6 Å². The molecule has 2 aromatic carbocycles. The molecule has 1 aliphatic carbocycles. The van der Waals surface area contributed by atoms with Crippen LogP contribution >= 0.6 is 0 Å². The van der Waals surface area contributed by atoms with E-state index >= 15 is 0 Å². The molecule has 1 saturated heterocycles. The molecule has 2 N–H and O–H groups in total. The summed E-state index contributed by atoms with van der Waals surface area (Å²) in [5.41, 5.74) is 9.38. The zero-order chi connectivity index (χ0) is 24.5. The van der Waals surface area contributed by atoms with Gasteiger partial charge in [-0.1, -0.05) is 18.2 Å². The number of aromatic nitrogens is 3. The van der Waals surface area contributed by atoms with Gasteiger partial charge in [-0.3, -0.25) is 9.58 Å². The van der Waals surface area contributed by atoms with Gasteiger partial charge in [-0.05, 0) is 75.2 Å². The zero-order valence-corrected chi connectivity index (χ0v) is 20.9. The first-order valence-corrected chi connectivity index (χ1v) is 13.0. The molecule has 0 amide bonds. The second kappa shape index (κ2) is 9.91. The monoisotopic (exact) mass is 482 g/mol. The second-order valence-electron chi connectivity index (χ2n) is 10.1. The molecule has 36 heavy (non-hydrogen) atoms. The van der Waals surface area contributed by atoms with Gasteiger partial charge in [0.2, 0.25) is 0 Å². The third kappa shape index (κ3) is 4.56. The summed E-state index contributed by atoms with van der Waals surface area (Å²) in [6.07, 6.45) is 6.51. The quantitative estimate of drug-likeness (QED) is 0.421. The van der Waals surface area contributed by atoms with Gasteiger partial charge in [-0.15, -0.1) is 0 Å². The maximum absolute atomic E-state index is 6.40. The molecular formula is C29H34N6O. The molecular weight excluding hydrogens is 448 g/mol. The van der Waals surface area contributed by atoms with Gasteiger partial charge >= 0.3 is 0 Å². The summed E-state index contributed by atoms with van der Waals surface area (Å²) in [6, 6.07) is 21.0. The zero-order valence-electron chi connectivity index (χ0n) is 20.9. The van der Waals surface area contributed by atoms with E-state index in [1.165, 1.54) is 39.0 Å². The molecule has 186 valence electrons. The highest BCUT2D eigenvalue weighted by atomic mass is 16.5. The summed E-state index contributed by atoms with van der Waals surface area (Å²) >= 11 is 0. The van der Waals surface area contributed by atoms with E-state index in [1.54, 1.807) is 6.20 Å². The second-order valence-corrected chi connectivity index (χ2v) is 10.1. The maximum Gasteiger partial charge on any atom is 0.135 e. The number of hydrogen-bond donors (Lipinski definition) is 1. The molecule has 0 unspecified atom stereocenters. The van der Waals surface area contributed by atoms with Gasteiger partial charge in [0.05, 0.1) is 16.9 Å². The molecule has 2 aromatic heterocycles. The summed E-state index contributed by atoms with van der Waals surface area (Å²) in [7, 11) is 2.22. The maximum atomic E-state index is 6.40. The van der Waals surface area contributed by atoms with E-state index in [9.17, 15) is 0 Å². The van der Waals surface area contributed by atoms with Gasteiger partial charge in [-0.25, -0.2) is 4.98 Å². The molecule has 0 atom stereocenters. The summed E-state index contributed by atoms with van der Waals surface area (Å²) < 4.78 is 8.20. The van der Waals surface area contributed by atoms with Gasteiger partial charge in [0.15, 0.2) is 0 Å². The fraction of sp³-hybridized carbons (Fsp3) is 0.379. The van der Waals surface area contributed by atoms with Crippen LogP contribution in [-0.2, 0) is 0 Å². The smallest absolute Gasteiger partial charge is 0.135 e. The Morgan fingerprint density at radius 2 is 1.47 bits per heavy atom. The van der Waals surface area contributed by atoms with Crippen LogP contribution in [0.15, 0.2) is 66.9 Å². The number of anilines is 1. The van der Waals surface area contributed by atoms with E-state index in [2.05, 4.69) is 44.7 Å². The van der Waals surface area contributed by atoms with Crippen LogP contribution in [0.25, 0.3) is 22.2 Å². The highest BCUT2D eigenvalue weighted by Crippen LogP contribution is 2.38. The number of benzene rings is 2. The molecule has 1 aliphatic heterocycles. The van der Waals surface area contributed by atoms with E-state index in [0.29, 0.717) is 17.9 Å². The van der Waals surface area contributed by atoms with Crippen molar-refractivity contribution < 1.29 is 4.74 Å². The van der Waals surface area contributed by atoms with E-state index in [1.807, 2.05) is 42.5 Å². The molecule has 7 heteroatoms. The highest BCUT2D eigenvalue weighted by molar-refractivity contribution is 6.00. The largest absolute Gasteiger partial charge is 0.457 e. The molecule has 1 saturated carbocycles. The fourth-order valence-electron chi connectivity index (χ4n) is 5.75. The lowest BCUT2D eigenvalue weighted by molar-refractivity contribution is 0.0816. The number of fused-ring (bicyclic) bond motifs is 1. The Balaban J connectivity index is 1.24. The van der Waals surface area contributed by atoms with Crippen LogP contribution in [0.1, 0.15) is 31.7 Å². The number of nitrogens with two attached hydrogens (primary N) is 1. The van der Waals surface area contributed by atoms with E-state index in [-0.39, 0.29) is 0 Å². The number of likely N-dealkylation sites (N-methyl/N-ethyl adjacent to an activating group) is 1. The lowest BCUT2D eigenvalue weighted by Gasteiger charge is -2.41. The normalized spacial score (nSPS) is 21.6. The number of piperazine rings is 1. The van der Waals surface area contributed by atoms with Crippen molar-refractivity contribution in [3.05, 3.63) is 66.9 Å². The number of ether oxygens (including phenoxy) is 1. The number of nitrogen functional groups attached to an aromatic ring is 1. The third-order valence-corrected chi connectivity index (χ3v) is 7.82. The number of rotatable bonds is 5. The van der Waals surface area contributed by atoms with Crippen LogP contribution < -0.4 is 10.5 Å². The first-order valence-electron chi connectivity index (χ1n) is 13.0. The van der Waals surface area contributed by atoms with Crippen molar-refractivity contribution >= 4 is 16.7 Å². The van der Waals surface area contributed by atoms with Crippen LogP contribution in [0.4, 0.5) is 5.82 Å². The number of para-hydroxylation sites is 1. The van der Waals surface area contributed by atoms with Gasteiger partial charge in [0.1, 0.15) is 23.0 Å². The van der Waals surface area contributed by atoms with Crippen LogP contribution in [0.2, 0.25) is 0 Å². The van der Waals surface area contributed by atoms with Crippen LogP contribution in [0.5, 0.6) is 11.5 Å². The SMILES string of the molecule is CN1CCN([C@H]2CC[C@@H](n3nc(-c4ccc(Oc5ccccc5)cc4)c4c(N)nccc43)CC2)CC1. The standard InChI is InChI=1S/C29H34N6O/c1-33-17-19-34(20-18-33)22-9-11-23(12-10-22)35-26-15-16-31-29(30)27(26)28(32-35)21-7-13-25(14-8-21)36-24-5-3-2-4-6-24/h2-8,13-16,22-23H,9-12,17-20H2,1H3,(H2,30,31)/t22-,23+.